The maximum Gasteiger partial charge on any atom is 0.0620 e. The third kappa shape index (κ3) is 5.26. The highest BCUT2D eigenvalue weighted by atomic mass is 15.2. The molecule has 0 radical (unpaired) electrons. The van der Waals surface area contributed by atoms with Crippen LogP contribution >= 0.6 is 0 Å². The van der Waals surface area contributed by atoms with Gasteiger partial charge in [-0.05, 0) is 99.1 Å². The zero-order valence-electron chi connectivity index (χ0n) is 27.9. The summed E-state index contributed by atoms with van der Waals surface area (Å²) < 4.78 is 0. The van der Waals surface area contributed by atoms with Gasteiger partial charge in [-0.3, -0.25) is 0 Å². The number of rotatable bonds is 6. The van der Waals surface area contributed by atoms with Gasteiger partial charge in [0.15, 0.2) is 0 Å². The molecule has 0 heterocycles. The molecule has 0 saturated carbocycles. The van der Waals surface area contributed by atoms with Crippen LogP contribution in [0.4, 0.5) is 34.1 Å². The molecule has 0 aromatic heterocycles. The number of anilines is 6. The van der Waals surface area contributed by atoms with E-state index in [9.17, 15) is 0 Å². The highest BCUT2D eigenvalue weighted by molar-refractivity contribution is 6.25. The van der Waals surface area contributed by atoms with Crippen LogP contribution in [0, 0.1) is 27.7 Å². The summed E-state index contributed by atoms with van der Waals surface area (Å²) in [6.07, 6.45) is 0. The van der Waals surface area contributed by atoms with E-state index in [2.05, 4.69) is 195 Å². The Kier molecular flexibility index (Phi) is 7.42. The molecule has 0 saturated heterocycles. The topological polar surface area (TPSA) is 6.48 Å². The van der Waals surface area contributed by atoms with Gasteiger partial charge in [0, 0.05) is 44.3 Å². The number of hydrogen-bond acceptors (Lipinski definition) is 2. The fourth-order valence-corrected chi connectivity index (χ4v) is 6.89. The van der Waals surface area contributed by atoms with Crippen molar-refractivity contribution in [2.45, 2.75) is 27.7 Å². The van der Waals surface area contributed by atoms with Crippen molar-refractivity contribution in [3.05, 3.63) is 180 Å². The molecule has 0 atom stereocenters. The van der Waals surface area contributed by atoms with Crippen molar-refractivity contribution in [1.29, 1.82) is 0 Å². The molecule has 0 amide bonds. The summed E-state index contributed by atoms with van der Waals surface area (Å²) in [5.41, 5.74) is 11.8. The lowest BCUT2D eigenvalue weighted by molar-refractivity contribution is 1.28. The van der Waals surface area contributed by atoms with E-state index in [4.69, 9.17) is 0 Å². The van der Waals surface area contributed by atoms with Crippen LogP contribution in [-0.2, 0) is 0 Å². The number of benzene rings is 8. The minimum Gasteiger partial charge on any atom is -0.309 e. The zero-order valence-corrected chi connectivity index (χ0v) is 27.9. The molecule has 0 aliphatic carbocycles. The zero-order chi connectivity index (χ0) is 32.8. The van der Waals surface area contributed by atoms with Gasteiger partial charge >= 0.3 is 0 Å². The summed E-state index contributed by atoms with van der Waals surface area (Å²) in [6.45, 7) is 8.60. The van der Waals surface area contributed by atoms with Gasteiger partial charge in [0.1, 0.15) is 0 Å². The van der Waals surface area contributed by atoms with E-state index in [0.29, 0.717) is 0 Å². The largest absolute Gasteiger partial charge is 0.309 e. The van der Waals surface area contributed by atoms with Crippen molar-refractivity contribution in [1.82, 2.24) is 0 Å². The third-order valence-corrected chi connectivity index (χ3v) is 9.45. The molecule has 0 bridgehead atoms. The van der Waals surface area contributed by atoms with Crippen LogP contribution in [0.25, 0.3) is 32.3 Å². The molecule has 0 N–H and O–H groups in total. The summed E-state index contributed by atoms with van der Waals surface area (Å²) in [5, 5.41) is 7.23. The molecule has 8 rings (SSSR count). The first kappa shape index (κ1) is 29.5. The first-order chi connectivity index (χ1) is 23.4. The summed E-state index contributed by atoms with van der Waals surface area (Å²) in [5.74, 6) is 0. The molecule has 48 heavy (non-hydrogen) atoms. The first-order valence-electron chi connectivity index (χ1n) is 16.7. The van der Waals surface area contributed by atoms with Crippen LogP contribution in [0.1, 0.15) is 22.3 Å². The molecular formula is C46H38N2. The lowest BCUT2D eigenvalue weighted by atomic mass is 9.93. The lowest BCUT2D eigenvalue weighted by Crippen LogP contribution is -2.14. The molecule has 0 spiro atoms. The quantitative estimate of drug-likeness (QED) is 0.135. The Bertz CT molecular complexity index is 2140. The minimum atomic E-state index is 1.13. The van der Waals surface area contributed by atoms with Crippen molar-refractivity contribution in [2.75, 3.05) is 9.80 Å². The highest BCUT2D eigenvalue weighted by Gasteiger charge is 2.25. The molecule has 0 aliphatic heterocycles. The van der Waals surface area contributed by atoms with Gasteiger partial charge in [-0.15, -0.1) is 0 Å². The smallest absolute Gasteiger partial charge is 0.0620 e. The summed E-state index contributed by atoms with van der Waals surface area (Å²) in [7, 11) is 0. The maximum absolute atomic E-state index is 2.45. The number of aryl methyl sites for hydroxylation is 4. The Balaban J connectivity index is 1.55. The average Bonchev–Trinajstić information content (AvgIpc) is 3.11. The molecule has 232 valence electrons. The van der Waals surface area contributed by atoms with Crippen LogP contribution < -0.4 is 9.80 Å². The number of nitrogens with zero attached hydrogens (tertiary/aromatic N) is 2. The predicted octanol–water partition coefficient (Wildman–Crippen LogP) is 13.3. The van der Waals surface area contributed by atoms with Crippen molar-refractivity contribution >= 4 is 66.4 Å². The van der Waals surface area contributed by atoms with E-state index in [1.54, 1.807) is 0 Å². The van der Waals surface area contributed by atoms with Crippen LogP contribution in [0.15, 0.2) is 158 Å². The predicted molar refractivity (Wildman–Crippen MR) is 207 cm³/mol. The Labute approximate surface area is 283 Å². The Morgan fingerprint density at radius 3 is 0.854 bits per heavy atom. The fraction of sp³-hybridized carbons (Fsp3) is 0.0870. The maximum atomic E-state index is 2.45. The molecule has 2 heteroatoms. The van der Waals surface area contributed by atoms with Crippen LogP contribution in [0.5, 0.6) is 0 Å². The van der Waals surface area contributed by atoms with Gasteiger partial charge in [-0.1, -0.05) is 119 Å². The standard InChI is InChI=1S/C46H38N2/c1-31-13-21-37(22-14-31)47(38-23-15-32(2)16-24-38)45-41-11-7-8-12-42(41)46(44-30-36-10-6-5-9-35(36)29-43(44)45)48(39-25-17-33(3)18-26-39)40-27-19-34(4)20-28-40/h5-30H,1-4H3. The second-order valence-electron chi connectivity index (χ2n) is 13.0. The molecule has 0 unspecified atom stereocenters. The minimum absolute atomic E-state index is 1.13. The van der Waals surface area contributed by atoms with Gasteiger partial charge in [0.25, 0.3) is 0 Å². The fourth-order valence-electron chi connectivity index (χ4n) is 6.89. The summed E-state index contributed by atoms with van der Waals surface area (Å²) in [4.78, 5) is 4.90. The SMILES string of the molecule is Cc1ccc(N(c2ccc(C)cc2)c2c3ccccc3c(N(c3ccc(C)cc3)c3ccc(C)cc3)c3cc4ccccc4cc23)cc1. The van der Waals surface area contributed by atoms with E-state index in [-0.39, 0.29) is 0 Å². The second kappa shape index (κ2) is 12.1. The number of hydrogen-bond donors (Lipinski definition) is 0. The Morgan fingerprint density at radius 2 is 0.562 bits per heavy atom. The third-order valence-electron chi connectivity index (χ3n) is 9.45. The van der Waals surface area contributed by atoms with Crippen LogP contribution in [0.3, 0.4) is 0 Å². The number of fused-ring (bicyclic) bond motifs is 3. The van der Waals surface area contributed by atoms with E-state index in [1.807, 2.05) is 0 Å². The van der Waals surface area contributed by atoms with E-state index in [0.717, 1.165) is 22.7 Å². The summed E-state index contributed by atoms with van der Waals surface area (Å²) in [6, 6.07) is 58.1. The van der Waals surface area contributed by atoms with E-state index >= 15 is 0 Å². The Morgan fingerprint density at radius 1 is 0.292 bits per heavy atom. The van der Waals surface area contributed by atoms with Crippen molar-refractivity contribution in [3.8, 4) is 0 Å². The van der Waals surface area contributed by atoms with Crippen molar-refractivity contribution in [2.24, 2.45) is 0 Å². The van der Waals surface area contributed by atoms with Gasteiger partial charge in [-0.25, -0.2) is 0 Å². The van der Waals surface area contributed by atoms with Gasteiger partial charge in [0.2, 0.25) is 0 Å². The monoisotopic (exact) mass is 618 g/mol. The van der Waals surface area contributed by atoms with Crippen LogP contribution in [-0.4, -0.2) is 0 Å². The molecule has 0 aliphatic rings. The summed E-state index contributed by atoms with van der Waals surface area (Å²) >= 11 is 0. The van der Waals surface area contributed by atoms with Crippen molar-refractivity contribution in [3.63, 3.8) is 0 Å². The molecule has 8 aromatic rings. The normalized spacial score (nSPS) is 11.3. The second-order valence-corrected chi connectivity index (χ2v) is 13.0. The highest BCUT2D eigenvalue weighted by Crippen LogP contribution is 2.51. The molecule has 2 nitrogen and oxygen atoms in total. The lowest BCUT2D eigenvalue weighted by Gasteiger charge is -2.33. The molecule has 8 aromatic carbocycles. The molecular weight excluding hydrogens is 581 g/mol. The van der Waals surface area contributed by atoms with E-state index in [1.165, 1.54) is 65.9 Å². The van der Waals surface area contributed by atoms with Crippen LogP contribution in [0.2, 0.25) is 0 Å². The molecule has 0 fully saturated rings. The van der Waals surface area contributed by atoms with Gasteiger partial charge in [0.05, 0.1) is 11.4 Å². The van der Waals surface area contributed by atoms with E-state index < -0.39 is 0 Å². The Hall–Kier alpha value is -5.86. The van der Waals surface area contributed by atoms with Gasteiger partial charge < -0.3 is 9.80 Å². The van der Waals surface area contributed by atoms with Gasteiger partial charge in [-0.2, -0.15) is 0 Å². The first-order valence-corrected chi connectivity index (χ1v) is 16.7. The average molecular weight is 619 g/mol. The van der Waals surface area contributed by atoms with Crippen molar-refractivity contribution < 1.29 is 0 Å².